The Bertz CT molecular complexity index is 296. The van der Waals surface area contributed by atoms with E-state index in [9.17, 15) is 4.79 Å². The molecule has 0 radical (unpaired) electrons. The van der Waals surface area contributed by atoms with E-state index in [0.717, 1.165) is 0 Å². The number of carbonyl (C=O) groups is 1. The fourth-order valence-electron chi connectivity index (χ4n) is 1.14. The van der Waals surface area contributed by atoms with E-state index in [1.807, 2.05) is 6.92 Å². The van der Waals surface area contributed by atoms with Gasteiger partial charge in [-0.1, -0.05) is 0 Å². The van der Waals surface area contributed by atoms with Crippen LogP contribution >= 0.6 is 0 Å². The van der Waals surface area contributed by atoms with Gasteiger partial charge in [0.25, 0.3) is 0 Å². The quantitative estimate of drug-likeness (QED) is 0.517. The van der Waals surface area contributed by atoms with E-state index in [0.29, 0.717) is 25.4 Å². The number of carbonyl (C=O) groups excluding carboxylic acids is 1. The van der Waals surface area contributed by atoms with E-state index in [2.05, 4.69) is 5.10 Å². The third-order valence-corrected chi connectivity index (χ3v) is 1.80. The van der Waals surface area contributed by atoms with Crippen LogP contribution in [0.5, 0.6) is 0 Å². The Balaban J connectivity index is 2.51. The molecule has 0 saturated carbocycles. The Morgan fingerprint density at radius 1 is 1.71 bits per heavy atom. The molecule has 0 bridgehead atoms. The smallest absolute Gasteiger partial charge is 0.206 e. The second-order valence-corrected chi connectivity index (χ2v) is 2.80. The van der Waals surface area contributed by atoms with Crippen LogP contribution in [0, 0.1) is 0 Å². The van der Waals surface area contributed by atoms with Gasteiger partial charge in [-0.15, -0.1) is 0 Å². The number of nitrogens with zero attached hydrogens (tertiary/aromatic N) is 2. The minimum atomic E-state index is -0.0576. The molecule has 0 fully saturated rings. The fraction of sp³-hybridized carbons (Fsp3) is 0.556. The molecule has 0 unspecified atom stereocenters. The summed E-state index contributed by atoms with van der Waals surface area (Å²) in [6.07, 6.45) is 1.61. The Hall–Kier alpha value is -1.20. The molecule has 78 valence electrons. The Labute approximate surface area is 82.8 Å². The lowest BCUT2D eigenvalue weighted by Crippen LogP contribution is -2.17. The fourth-order valence-corrected chi connectivity index (χ4v) is 1.14. The van der Waals surface area contributed by atoms with Crippen molar-refractivity contribution in [2.75, 3.05) is 19.8 Å². The van der Waals surface area contributed by atoms with E-state index >= 15 is 0 Å². The van der Waals surface area contributed by atoms with E-state index in [4.69, 9.17) is 10.5 Å². The molecular weight excluding hydrogens is 182 g/mol. The molecule has 1 aromatic heterocycles. The van der Waals surface area contributed by atoms with Crippen LogP contribution in [0.2, 0.25) is 0 Å². The standard InChI is InChI=1S/C9H15N3O2/c1-2-12-8(3-5-11-12)9(13)7-14-6-4-10/h3,5H,2,4,6-7,10H2,1H3. The molecule has 14 heavy (non-hydrogen) atoms. The highest BCUT2D eigenvalue weighted by atomic mass is 16.5. The molecule has 0 aliphatic rings. The summed E-state index contributed by atoms with van der Waals surface area (Å²) in [7, 11) is 0. The third-order valence-electron chi connectivity index (χ3n) is 1.80. The molecule has 0 saturated heterocycles. The number of hydrogen-bond acceptors (Lipinski definition) is 4. The lowest BCUT2D eigenvalue weighted by Gasteiger charge is -2.03. The van der Waals surface area contributed by atoms with Crippen LogP contribution in [0.25, 0.3) is 0 Å². The van der Waals surface area contributed by atoms with Crippen molar-refractivity contribution in [1.29, 1.82) is 0 Å². The topological polar surface area (TPSA) is 70.1 Å². The molecule has 0 aliphatic heterocycles. The van der Waals surface area contributed by atoms with Crippen molar-refractivity contribution < 1.29 is 9.53 Å². The number of rotatable bonds is 6. The van der Waals surface area contributed by atoms with Gasteiger partial charge >= 0.3 is 0 Å². The van der Waals surface area contributed by atoms with Gasteiger partial charge in [-0.2, -0.15) is 5.10 Å². The largest absolute Gasteiger partial charge is 0.372 e. The third kappa shape index (κ3) is 2.65. The highest BCUT2D eigenvalue weighted by Crippen LogP contribution is 2.00. The van der Waals surface area contributed by atoms with E-state index in [1.54, 1.807) is 16.9 Å². The second-order valence-electron chi connectivity index (χ2n) is 2.80. The number of Topliss-reactive ketones (excluding diaryl/α,β-unsaturated/α-hetero) is 1. The summed E-state index contributed by atoms with van der Waals surface area (Å²) in [6.45, 7) is 3.53. The Morgan fingerprint density at radius 2 is 2.50 bits per heavy atom. The van der Waals surface area contributed by atoms with Crippen LogP contribution < -0.4 is 5.73 Å². The zero-order valence-electron chi connectivity index (χ0n) is 8.27. The number of ketones is 1. The van der Waals surface area contributed by atoms with Crippen LogP contribution in [0.15, 0.2) is 12.3 Å². The Morgan fingerprint density at radius 3 is 3.14 bits per heavy atom. The average molecular weight is 197 g/mol. The van der Waals surface area contributed by atoms with Crippen LogP contribution in [0.1, 0.15) is 17.4 Å². The maximum absolute atomic E-state index is 11.5. The van der Waals surface area contributed by atoms with Gasteiger partial charge in [0.2, 0.25) is 5.78 Å². The maximum Gasteiger partial charge on any atom is 0.206 e. The molecule has 0 aliphatic carbocycles. The summed E-state index contributed by atoms with van der Waals surface area (Å²) in [4.78, 5) is 11.5. The first-order chi connectivity index (χ1) is 6.79. The number of aromatic nitrogens is 2. The molecular formula is C9H15N3O2. The van der Waals surface area contributed by atoms with Gasteiger partial charge in [0.1, 0.15) is 12.3 Å². The van der Waals surface area contributed by atoms with Gasteiger partial charge in [0, 0.05) is 19.3 Å². The molecule has 0 aromatic carbocycles. The zero-order valence-corrected chi connectivity index (χ0v) is 8.27. The van der Waals surface area contributed by atoms with Gasteiger partial charge < -0.3 is 10.5 Å². The van der Waals surface area contributed by atoms with E-state index in [1.165, 1.54) is 0 Å². The predicted molar refractivity (Wildman–Crippen MR) is 52.1 cm³/mol. The highest BCUT2D eigenvalue weighted by Gasteiger charge is 2.10. The normalized spacial score (nSPS) is 10.4. The van der Waals surface area contributed by atoms with Crippen molar-refractivity contribution in [3.8, 4) is 0 Å². The number of aryl methyl sites for hydroxylation is 1. The summed E-state index contributed by atoms with van der Waals surface area (Å²) in [6, 6.07) is 1.69. The van der Waals surface area contributed by atoms with Crippen molar-refractivity contribution in [2.45, 2.75) is 13.5 Å². The van der Waals surface area contributed by atoms with Crippen LogP contribution in [-0.4, -0.2) is 35.3 Å². The lowest BCUT2D eigenvalue weighted by atomic mass is 10.3. The second kappa shape index (κ2) is 5.51. The van der Waals surface area contributed by atoms with Gasteiger partial charge in [-0.3, -0.25) is 9.48 Å². The van der Waals surface area contributed by atoms with Gasteiger partial charge in [-0.25, -0.2) is 0 Å². The van der Waals surface area contributed by atoms with E-state index in [-0.39, 0.29) is 12.4 Å². The molecule has 1 aromatic rings. The molecule has 0 amide bonds. The zero-order chi connectivity index (χ0) is 10.4. The molecule has 0 spiro atoms. The molecule has 1 heterocycles. The van der Waals surface area contributed by atoms with E-state index < -0.39 is 0 Å². The predicted octanol–water partition coefficient (Wildman–Crippen LogP) is 0.0610. The van der Waals surface area contributed by atoms with Crippen LogP contribution in [0.3, 0.4) is 0 Å². The number of hydrogen-bond donors (Lipinski definition) is 1. The van der Waals surface area contributed by atoms with Crippen molar-refractivity contribution in [3.63, 3.8) is 0 Å². The monoisotopic (exact) mass is 197 g/mol. The molecule has 5 heteroatoms. The molecule has 2 N–H and O–H groups in total. The minimum Gasteiger partial charge on any atom is -0.372 e. The van der Waals surface area contributed by atoms with Crippen LogP contribution in [-0.2, 0) is 11.3 Å². The number of ether oxygens (including phenoxy) is 1. The Kier molecular flexibility index (Phi) is 4.28. The molecule has 0 atom stereocenters. The summed E-state index contributed by atoms with van der Waals surface area (Å²) < 4.78 is 6.70. The van der Waals surface area contributed by atoms with Crippen molar-refractivity contribution >= 4 is 5.78 Å². The maximum atomic E-state index is 11.5. The summed E-state index contributed by atoms with van der Waals surface area (Å²) in [5, 5.41) is 4.00. The lowest BCUT2D eigenvalue weighted by molar-refractivity contribution is 0.0763. The van der Waals surface area contributed by atoms with Gasteiger partial charge in [-0.05, 0) is 13.0 Å². The SMILES string of the molecule is CCn1nccc1C(=O)COCCN. The first-order valence-electron chi connectivity index (χ1n) is 4.62. The number of nitrogens with two attached hydrogens (primary N) is 1. The summed E-state index contributed by atoms with van der Waals surface area (Å²) in [5.41, 5.74) is 5.82. The highest BCUT2D eigenvalue weighted by molar-refractivity contribution is 5.95. The first kappa shape index (κ1) is 10.9. The van der Waals surface area contributed by atoms with Gasteiger partial charge in [0.15, 0.2) is 0 Å². The van der Waals surface area contributed by atoms with Crippen molar-refractivity contribution in [2.24, 2.45) is 5.73 Å². The van der Waals surface area contributed by atoms with Crippen LogP contribution in [0.4, 0.5) is 0 Å². The molecule has 5 nitrogen and oxygen atoms in total. The van der Waals surface area contributed by atoms with Crippen molar-refractivity contribution in [1.82, 2.24) is 9.78 Å². The first-order valence-corrected chi connectivity index (χ1v) is 4.62. The van der Waals surface area contributed by atoms with Gasteiger partial charge in [0.05, 0.1) is 6.61 Å². The minimum absolute atomic E-state index is 0.0576. The molecule has 1 rings (SSSR count). The van der Waals surface area contributed by atoms with Crippen molar-refractivity contribution in [3.05, 3.63) is 18.0 Å². The summed E-state index contributed by atoms with van der Waals surface area (Å²) in [5.74, 6) is -0.0576. The average Bonchev–Trinajstić information content (AvgIpc) is 2.65. The summed E-state index contributed by atoms with van der Waals surface area (Å²) >= 11 is 0.